The summed E-state index contributed by atoms with van der Waals surface area (Å²) in [5.41, 5.74) is 2.32. The van der Waals surface area contributed by atoms with Crippen LogP contribution in [0.25, 0.3) is 0 Å². The predicted molar refractivity (Wildman–Crippen MR) is 92.4 cm³/mol. The molecule has 0 bridgehead atoms. The van der Waals surface area contributed by atoms with Crippen LogP contribution in [0.2, 0.25) is 0 Å². The van der Waals surface area contributed by atoms with Crippen molar-refractivity contribution in [3.63, 3.8) is 0 Å². The van der Waals surface area contributed by atoms with Crippen molar-refractivity contribution in [1.82, 2.24) is 0 Å². The smallest absolute Gasteiger partial charge is 0.271 e. The van der Waals surface area contributed by atoms with Crippen LogP contribution < -0.4 is 10.1 Å². The average molecular weight is 328 g/mol. The number of hydrogen-bond acceptors (Lipinski definition) is 4. The van der Waals surface area contributed by atoms with E-state index in [4.69, 9.17) is 4.74 Å². The molecular weight excluding hydrogens is 308 g/mol. The van der Waals surface area contributed by atoms with Crippen molar-refractivity contribution >= 4 is 17.3 Å². The molecule has 1 N–H and O–H groups in total. The van der Waals surface area contributed by atoms with Crippen LogP contribution in [0.4, 0.5) is 11.4 Å². The second-order valence-corrected chi connectivity index (χ2v) is 5.49. The average Bonchev–Trinajstić information content (AvgIpc) is 2.56. The molecule has 1 amide bonds. The second-order valence-electron chi connectivity index (χ2n) is 5.49. The van der Waals surface area contributed by atoms with Crippen molar-refractivity contribution in [3.8, 4) is 5.75 Å². The lowest BCUT2D eigenvalue weighted by atomic mass is 10.1. The van der Waals surface area contributed by atoms with Crippen molar-refractivity contribution in [3.05, 3.63) is 63.7 Å². The summed E-state index contributed by atoms with van der Waals surface area (Å²) in [5.74, 6) is 0.247. The molecule has 24 heavy (non-hydrogen) atoms. The van der Waals surface area contributed by atoms with Crippen molar-refractivity contribution in [2.45, 2.75) is 26.7 Å². The number of rotatable bonds is 7. The number of nitro benzene ring substituents is 1. The van der Waals surface area contributed by atoms with E-state index in [1.807, 2.05) is 24.3 Å². The van der Waals surface area contributed by atoms with E-state index in [0.29, 0.717) is 11.4 Å². The molecule has 0 aliphatic rings. The highest BCUT2D eigenvalue weighted by molar-refractivity contribution is 5.93. The van der Waals surface area contributed by atoms with Gasteiger partial charge in [0.25, 0.3) is 11.6 Å². The molecule has 6 nitrogen and oxygen atoms in total. The molecule has 6 heteroatoms. The Morgan fingerprint density at radius 3 is 2.54 bits per heavy atom. The maximum Gasteiger partial charge on any atom is 0.271 e. The lowest BCUT2D eigenvalue weighted by molar-refractivity contribution is -0.384. The molecule has 126 valence electrons. The SMILES string of the molecule is CCCc1ccc(OCC(=O)Nc2cc([N+](=O)[O-])ccc2C)cc1. The Morgan fingerprint density at radius 1 is 1.21 bits per heavy atom. The third-order valence-corrected chi connectivity index (χ3v) is 3.54. The number of carbonyl (C=O) groups excluding carboxylic acids is 1. The van der Waals surface area contributed by atoms with E-state index in [1.54, 1.807) is 13.0 Å². The van der Waals surface area contributed by atoms with Crippen LogP contribution >= 0.6 is 0 Å². The lowest BCUT2D eigenvalue weighted by Gasteiger charge is -2.10. The summed E-state index contributed by atoms with van der Waals surface area (Å²) in [6.07, 6.45) is 2.08. The highest BCUT2D eigenvalue weighted by atomic mass is 16.6. The molecule has 0 fully saturated rings. The zero-order valence-corrected chi connectivity index (χ0v) is 13.7. The first kappa shape index (κ1) is 17.5. The van der Waals surface area contributed by atoms with Crippen LogP contribution in [-0.4, -0.2) is 17.4 Å². The molecule has 0 saturated carbocycles. The number of anilines is 1. The van der Waals surface area contributed by atoms with Crippen LogP contribution in [0.1, 0.15) is 24.5 Å². The van der Waals surface area contributed by atoms with E-state index in [0.717, 1.165) is 18.4 Å². The van der Waals surface area contributed by atoms with Crippen LogP contribution in [-0.2, 0) is 11.2 Å². The summed E-state index contributed by atoms with van der Waals surface area (Å²) in [6.45, 7) is 3.73. The Balaban J connectivity index is 1.93. The highest BCUT2D eigenvalue weighted by Crippen LogP contribution is 2.22. The fraction of sp³-hybridized carbons (Fsp3) is 0.278. The van der Waals surface area contributed by atoms with Crippen molar-refractivity contribution in [1.29, 1.82) is 0 Å². The highest BCUT2D eigenvalue weighted by Gasteiger charge is 2.11. The first-order valence-electron chi connectivity index (χ1n) is 7.76. The quantitative estimate of drug-likeness (QED) is 0.618. The molecule has 0 aliphatic carbocycles. The monoisotopic (exact) mass is 328 g/mol. The summed E-state index contributed by atoms with van der Waals surface area (Å²) >= 11 is 0. The number of ether oxygens (including phenoxy) is 1. The summed E-state index contributed by atoms with van der Waals surface area (Å²) in [6, 6.07) is 11.9. The number of carbonyl (C=O) groups is 1. The third kappa shape index (κ3) is 4.81. The van der Waals surface area contributed by atoms with E-state index in [1.165, 1.54) is 17.7 Å². The zero-order valence-electron chi connectivity index (χ0n) is 13.7. The van der Waals surface area contributed by atoms with Gasteiger partial charge in [0.05, 0.1) is 10.6 Å². The maximum absolute atomic E-state index is 12.0. The number of hydrogen-bond donors (Lipinski definition) is 1. The van der Waals surface area contributed by atoms with Gasteiger partial charge in [0, 0.05) is 12.1 Å². The number of nitro groups is 1. The van der Waals surface area contributed by atoms with Crippen LogP contribution in [0, 0.1) is 17.0 Å². The number of benzene rings is 2. The molecular formula is C18H20N2O4. The third-order valence-electron chi connectivity index (χ3n) is 3.54. The Bertz CT molecular complexity index is 726. The van der Waals surface area contributed by atoms with E-state index in [-0.39, 0.29) is 18.2 Å². The molecule has 0 radical (unpaired) electrons. The normalized spacial score (nSPS) is 10.2. The molecule has 2 rings (SSSR count). The van der Waals surface area contributed by atoms with Gasteiger partial charge in [-0.3, -0.25) is 14.9 Å². The Hall–Kier alpha value is -2.89. The molecule has 0 saturated heterocycles. The number of amides is 1. The van der Waals surface area contributed by atoms with Gasteiger partial charge in [0.1, 0.15) is 5.75 Å². The Kier molecular flexibility index (Phi) is 5.89. The minimum absolute atomic E-state index is 0.0664. The van der Waals surface area contributed by atoms with Gasteiger partial charge >= 0.3 is 0 Å². The molecule has 2 aromatic carbocycles. The minimum Gasteiger partial charge on any atom is -0.484 e. The summed E-state index contributed by atoms with van der Waals surface area (Å²) < 4.78 is 5.44. The molecule has 0 spiro atoms. The zero-order chi connectivity index (χ0) is 17.5. The minimum atomic E-state index is -0.497. The van der Waals surface area contributed by atoms with Crippen molar-refractivity contribution in [2.24, 2.45) is 0 Å². The summed E-state index contributed by atoms with van der Waals surface area (Å²) in [7, 11) is 0. The van der Waals surface area contributed by atoms with E-state index in [2.05, 4.69) is 12.2 Å². The maximum atomic E-state index is 12.0. The van der Waals surface area contributed by atoms with Gasteiger partial charge < -0.3 is 10.1 Å². The lowest BCUT2D eigenvalue weighted by Crippen LogP contribution is -2.20. The summed E-state index contributed by atoms with van der Waals surface area (Å²) in [5, 5.41) is 13.4. The van der Waals surface area contributed by atoms with Crippen LogP contribution in [0.15, 0.2) is 42.5 Å². The summed E-state index contributed by atoms with van der Waals surface area (Å²) in [4.78, 5) is 22.3. The van der Waals surface area contributed by atoms with Crippen molar-refractivity contribution < 1.29 is 14.5 Å². The Labute approximate surface area is 140 Å². The molecule has 0 unspecified atom stereocenters. The molecule has 0 aliphatic heterocycles. The first-order chi connectivity index (χ1) is 11.5. The predicted octanol–water partition coefficient (Wildman–Crippen LogP) is 3.87. The topological polar surface area (TPSA) is 81.5 Å². The molecule has 0 aromatic heterocycles. The number of nitrogens with one attached hydrogen (secondary N) is 1. The van der Waals surface area contributed by atoms with E-state index < -0.39 is 4.92 Å². The van der Waals surface area contributed by atoms with Crippen LogP contribution in [0.5, 0.6) is 5.75 Å². The standard InChI is InChI=1S/C18H20N2O4/c1-3-4-14-6-9-16(10-7-14)24-12-18(21)19-17-11-15(20(22)23)8-5-13(17)2/h5-11H,3-4,12H2,1-2H3,(H,19,21). The second kappa shape index (κ2) is 8.10. The molecule has 2 aromatic rings. The largest absolute Gasteiger partial charge is 0.484 e. The number of aryl methyl sites for hydroxylation is 2. The van der Waals surface area contributed by atoms with Gasteiger partial charge in [0.15, 0.2) is 6.61 Å². The van der Waals surface area contributed by atoms with Crippen molar-refractivity contribution in [2.75, 3.05) is 11.9 Å². The fourth-order valence-electron chi connectivity index (χ4n) is 2.23. The van der Waals surface area contributed by atoms with Gasteiger partial charge in [-0.2, -0.15) is 0 Å². The van der Waals surface area contributed by atoms with Gasteiger partial charge in [-0.1, -0.05) is 31.5 Å². The van der Waals surface area contributed by atoms with E-state index >= 15 is 0 Å². The van der Waals surface area contributed by atoms with Crippen LogP contribution in [0.3, 0.4) is 0 Å². The first-order valence-corrected chi connectivity index (χ1v) is 7.76. The van der Waals surface area contributed by atoms with Gasteiger partial charge in [0.2, 0.25) is 0 Å². The van der Waals surface area contributed by atoms with Gasteiger partial charge in [-0.25, -0.2) is 0 Å². The van der Waals surface area contributed by atoms with E-state index in [9.17, 15) is 14.9 Å². The molecule has 0 atom stereocenters. The fourth-order valence-corrected chi connectivity index (χ4v) is 2.23. The number of non-ortho nitro benzene ring substituents is 1. The number of nitrogens with zero attached hydrogens (tertiary/aromatic N) is 1. The molecule has 0 heterocycles. The van der Waals surface area contributed by atoms with Gasteiger partial charge in [-0.05, 0) is 36.6 Å². The van der Waals surface area contributed by atoms with Gasteiger partial charge in [-0.15, -0.1) is 0 Å². The Morgan fingerprint density at radius 2 is 1.92 bits per heavy atom.